The third kappa shape index (κ3) is 5.27. The van der Waals surface area contributed by atoms with E-state index >= 15 is 0 Å². The molecule has 6 heteroatoms. The highest BCUT2D eigenvalue weighted by Crippen LogP contribution is 2.22. The lowest BCUT2D eigenvalue weighted by molar-refractivity contribution is 0.160. The van der Waals surface area contributed by atoms with E-state index in [-0.39, 0.29) is 6.03 Å². The molecule has 0 aliphatic carbocycles. The van der Waals surface area contributed by atoms with Gasteiger partial charge in [0.1, 0.15) is 0 Å². The first kappa shape index (κ1) is 16.7. The number of carbonyl (C=O) groups excluding carboxylic acids is 1. The number of rotatable bonds is 8. The van der Waals surface area contributed by atoms with Crippen LogP contribution >= 0.6 is 11.3 Å². The van der Waals surface area contributed by atoms with Crippen LogP contribution < -0.4 is 10.6 Å². The number of benzene rings is 1. The zero-order chi connectivity index (χ0) is 15.8. The SMILES string of the molecule is CCCC(O)CNC(=O)NCCCc1nc2ccccc2s1. The molecule has 2 rings (SSSR count). The van der Waals surface area contributed by atoms with Crippen molar-refractivity contribution < 1.29 is 9.90 Å². The molecule has 1 atom stereocenters. The molecule has 0 fully saturated rings. The largest absolute Gasteiger partial charge is 0.391 e. The molecule has 0 radical (unpaired) electrons. The number of urea groups is 1. The Bertz CT molecular complexity index is 567. The van der Waals surface area contributed by atoms with E-state index in [0.717, 1.165) is 29.8 Å². The van der Waals surface area contributed by atoms with E-state index in [1.807, 2.05) is 25.1 Å². The summed E-state index contributed by atoms with van der Waals surface area (Å²) >= 11 is 1.70. The zero-order valence-corrected chi connectivity index (χ0v) is 13.7. The summed E-state index contributed by atoms with van der Waals surface area (Å²) in [6.45, 7) is 2.91. The van der Waals surface area contributed by atoms with E-state index in [4.69, 9.17) is 0 Å². The quantitative estimate of drug-likeness (QED) is 0.654. The van der Waals surface area contributed by atoms with Crippen LogP contribution in [-0.2, 0) is 6.42 Å². The van der Waals surface area contributed by atoms with Gasteiger partial charge in [-0.05, 0) is 25.0 Å². The highest BCUT2D eigenvalue weighted by molar-refractivity contribution is 7.18. The highest BCUT2D eigenvalue weighted by atomic mass is 32.1. The van der Waals surface area contributed by atoms with Crippen LogP contribution in [0.25, 0.3) is 10.2 Å². The maximum Gasteiger partial charge on any atom is 0.314 e. The molecule has 1 unspecified atom stereocenters. The number of nitrogens with zero attached hydrogens (tertiary/aromatic N) is 1. The van der Waals surface area contributed by atoms with Gasteiger partial charge in [0.05, 0.1) is 21.3 Å². The Hall–Kier alpha value is -1.66. The van der Waals surface area contributed by atoms with E-state index in [2.05, 4.69) is 21.7 Å². The van der Waals surface area contributed by atoms with Crippen LogP contribution in [0.1, 0.15) is 31.2 Å². The standard InChI is InChI=1S/C16H23N3O2S/c1-2-6-12(20)11-18-16(21)17-10-5-9-15-19-13-7-3-4-8-14(13)22-15/h3-4,7-8,12,20H,2,5-6,9-11H2,1H3,(H2,17,18,21). The van der Waals surface area contributed by atoms with Gasteiger partial charge >= 0.3 is 6.03 Å². The third-order valence-electron chi connectivity index (χ3n) is 3.31. The minimum Gasteiger partial charge on any atom is -0.391 e. The number of para-hydroxylation sites is 1. The first-order valence-corrected chi connectivity index (χ1v) is 8.55. The summed E-state index contributed by atoms with van der Waals surface area (Å²) in [6, 6.07) is 7.87. The maximum atomic E-state index is 11.6. The van der Waals surface area contributed by atoms with E-state index in [9.17, 15) is 9.90 Å². The molecule has 0 aliphatic rings. The first-order valence-electron chi connectivity index (χ1n) is 7.73. The topological polar surface area (TPSA) is 74.2 Å². The summed E-state index contributed by atoms with van der Waals surface area (Å²) in [7, 11) is 0. The van der Waals surface area contributed by atoms with E-state index in [1.54, 1.807) is 11.3 Å². The maximum absolute atomic E-state index is 11.6. The van der Waals surface area contributed by atoms with Crippen molar-refractivity contribution in [3.63, 3.8) is 0 Å². The van der Waals surface area contributed by atoms with Crippen LogP contribution in [0.4, 0.5) is 4.79 Å². The van der Waals surface area contributed by atoms with Gasteiger partial charge in [0.15, 0.2) is 0 Å². The predicted octanol–water partition coefficient (Wildman–Crippen LogP) is 2.69. The lowest BCUT2D eigenvalue weighted by Gasteiger charge is -2.11. The second-order valence-corrected chi connectivity index (χ2v) is 6.37. The summed E-state index contributed by atoms with van der Waals surface area (Å²) in [6.07, 6.45) is 2.87. The molecule has 1 aromatic heterocycles. The van der Waals surface area contributed by atoms with E-state index < -0.39 is 6.10 Å². The van der Waals surface area contributed by atoms with Crippen molar-refractivity contribution in [3.05, 3.63) is 29.3 Å². The average Bonchev–Trinajstić information content (AvgIpc) is 2.92. The predicted molar refractivity (Wildman–Crippen MR) is 90.3 cm³/mol. The Kier molecular flexibility index (Phi) is 6.61. The molecule has 22 heavy (non-hydrogen) atoms. The number of amides is 2. The fraction of sp³-hybridized carbons (Fsp3) is 0.500. The van der Waals surface area contributed by atoms with Gasteiger partial charge in [-0.15, -0.1) is 11.3 Å². The molecule has 0 spiro atoms. The van der Waals surface area contributed by atoms with Gasteiger partial charge in [0.2, 0.25) is 0 Å². The second kappa shape index (κ2) is 8.70. The molecular formula is C16H23N3O2S. The van der Waals surface area contributed by atoms with Gasteiger partial charge in [-0.3, -0.25) is 0 Å². The molecular weight excluding hydrogens is 298 g/mol. The number of carbonyl (C=O) groups is 1. The minimum absolute atomic E-state index is 0.223. The fourth-order valence-electron chi connectivity index (χ4n) is 2.18. The minimum atomic E-state index is -0.460. The molecule has 5 nitrogen and oxygen atoms in total. The zero-order valence-electron chi connectivity index (χ0n) is 12.8. The number of aromatic nitrogens is 1. The highest BCUT2D eigenvalue weighted by Gasteiger charge is 2.06. The number of fused-ring (bicyclic) bond motifs is 1. The Morgan fingerprint density at radius 3 is 2.95 bits per heavy atom. The summed E-state index contributed by atoms with van der Waals surface area (Å²) in [5.74, 6) is 0. The van der Waals surface area contributed by atoms with Gasteiger partial charge in [0, 0.05) is 19.5 Å². The van der Waals surface area contributed by atoms with E-state index in [0.29, 0.717) is 19.5 Å². The molecule has 0 bridgehead atoms. The number of hydrogen-bond donors (Lipinski definition) is 3. The summed E-state index contributed by atoms with van der Waals surface area (Å²) in [5, 5.41) is 16.1. The number of aliphatic hydroxyl groups excluding tert-OH is 1. The van der Waals surface area contributed by atoms with Crippen molar-refractivity contribution in [2.45, 2.75) is 38.7 Å². The Labute approximate surface area is 134 Å². The number of aryl methyl sites for hydroxylation is 1. The first-order chi connectivity index (χ1) is 10.7. The van der Waals surface area contributed by atoms with Crippen LogP contribution in [0.2, 0.25) is 0 Å². The molecule has 2 aromatic rings. The van der Waals surface area contributed by atoms with Crippen molar-refractivity contribution in [1.82, 2.24) is 15.6 Å². The van der Waals surface area contributed by atoms with E-state index in [1.165, 1.54) is 4.70 Å². The molecule has 0 saturated carbocycles. The summed E-state index contributed by atoms with van der Waals surface area (Å²) < 4.78 is 1.20. The second-order valence-electron chi connectivity index (χ2n) is 5.26. The van der Waals surface area contributed by atoms with Crippen molar-refractivity contribution in [2.75, 3.05) is 13.1 Å². The molecule has 0 aliphatic heterocycles. The Balaban J connectivity index is 1.63. The van der Waals surface area contributed by atoms with Crippen molar-refractivity contribution in [1.29, 1.82) is 0 Å². The number of nitrogens with one attached hydrogen (secondary N) is 2. The molecule has 1 heterocycles. The average molecular weight is 321 g/mol. The smallest absolute Gasteiger partial charge is 0.314 e. The summed E-state index contributed by atoms with van der Waals surface area (Å²) in [5.41, 5.74) is 1.04. The number of thiazole rings is 1. The van der Waals surface area contributed by atoms with Crippen molar-refractivity contribution in [2.24, 2.45) is 0 Å². The van der Waals surface area contributed by atoms with Crippen LogP contribution in [0.5, 0.6) is 0 Å². The molecule has 0 saturated heterocycles. The fourth-order valence-corrected chi connectivity index (χ4v) is 3.19. The Morgan fingerprint density at radius 1 is 1.36 bits per heavy atom. The lowest BCUT2D eigenvalue weighted by Crippen LogP contribution is -2.40. The van der Waals surface area contributed by atoms with Gasteiger partial charge in [-0.1, -0.05) is 25.5 Å². The van der Waals surface area contributed by atoms with Crippen LogP contribution in [-0.4, -0.2) is 35.3 Å². The summed E-state index contributed by atoms with van der Waals surface area (Å²) in [4.78, 5) is 16.1. The van der Waals surface area contributed by atoms with Gasteiger partial charge < -0.3 is 15.7 Å². The third-order valence-corrected chi connectivity index (χ3v) is 4.41. The lowest BCUT2D eigenvalue weighted by atomic mass is 10.2. The van der Waals surface area contributed by atoms with Crippen LogP contribution in [0.3, 0.4) is 0 Å². The molecule has 3 N–H and O–H groups in total. The van der Waals surface area contributed by atoms with Crippen LogP contribution in [0, 0.1) is 0 Å². The van der Waals surface area contributed by atoms with Crippen molar-refractivity contribution in [3.8, 4) is 0 Å². The van der Waals surface area contributed by atoms with Crippen LogP contribution in [0.15, 0.2) is 24.3 Å². The number of aliphatic hydroxyl groups is 1. The molecule has 2 amide bonds. The molecule has 1 aromatic carbocycles. The van der Waals surface area contributed by atoms with Gasteiger partial charge in [0.25, 0.3) is 0 Å². The normalized spacial score (nSPS) is 12.3. The monoisotopic (exact) mass is 321 g/mol. The molecule has 120 valence electrons. The van der Waals surface area contributed by atoms with Gasteiger partial charge in [-0.2, -0.15) is 0 Å². The Morgan fingerprint density at radius 2 is 2.18 bits per heavy atom. The number of hydrogen-bond acceptors (Lipinski definition) is 4. The van der Waals surface area contributed by atoms with Crippen molar-refractivity contribution >= 4 is 27.6 Å². The van der Waals surface area contributed by atoms with Gasteiger partial charge in [-0.25, -0.2) is 9.78 Å².